The SMILES string of the molecule is CCN(Cc1ccc(N(C)C)cc1)C(=O)C1CCN(c2ncnc3sc(C)c(C)c23)CC1. The minimum atomic E-state index is 0.0786. The molecule has 0 saturated carbocycles. The second kappa shape index (κ2) is 9.45. The summed E-state index contributed by atoms with van der Waals surface area (Å²) in [4.78, 5) is 31.2. The van der Waals surface area contributed by atoms with E-state index < -0.39 is 0 Å². The van der Waals surface area contributed by atoms with Gasteiger partial charge in [-0.25, -0.2) is 9.97 Å². The van der Waals surface area contributed by atoms with Crippen LogP contribution in [-0.4, -0.2) is 54.5 Å². The summed E-state index contributed by atoms with van der Waals surface area (Å²) in [6.45, 7) is 9.47. The summed E-state index contributed by atoms with van der Waals surface area (Å²) in [6, 6.07) is 8.48. The first-order valence-electron chi connectivity index (χ1n) is 11.4. The first-order valence-corrected chi connectivity index (χ1v) is 12.2. The van der Waals surface area contributed by atoms with Crippen molar-refractivity contribution in [3.63, 3.8) is 0 Å². The molecule has 2 aromatic heterocycles. The van der Waals surface area contributed by atoms with Gasteiger partial charge in [0, 0.05) is 56.8 Å². The number of carbonyl (C=O) groups excluding carboxylic acids is 1. The van der Waals surface area contributed by atoms with Crippen LogP contribution in [0.15, 0.2) is 30.6 Å². The number of aryl methyl sites for hydroxylation is 2. The maximum atomic E-state index is 13.3. The number of carbonyl (C=O) groups is 1. The topological polar surface area (TPSA) is 52.6 Å². The summed E-state index contributed by atoms with van der Waals surface area (Å²) in [7, 11) is 4.08. The Morgan fingerprint density at radius 3 is 2.44 bits per heavy atom. The minimum Gasteiger partial charge on any atom is -0.378 e. The van der Waals surface area contributed by atoms with Crippen LogP contribution in [0.25, 0.3) is 10.2 Å². The van der Waals surface area contributed by atoms with Crippen molar-refractivity contribution in [1.29, 1.82) is 0 Å². The lowest BCUT2D eigenvalue weighted by Crippen LogP contribution is -2.42. The molecule has 0 bridgehead atoms. The lowest BCUT2D eigenvalue weighted by molar-refractivity contribution is -0.136. The quantitative estimate of drug-likeness (QED) is 0.547. The van der Waals surface area contributed by atoms with Crippen molar-refractivity contribution in [3.8, 4) is 0 Å². The summed E-state index contributed by atoms with van der Waals surface area (Å²) in [6.07, 6.45) is 3.40. The molecule has 3 aromatic rings. The summed E-state index contributed by atoms with van der Waals surface area (Å²) in [5.41, 5.74) is 3.62. The Kier molecular flexibility index (Phi) is 6.65. The van der Waals surface area contributed by atoms with Crippen LogP contribution in [0.5, 0.6) is 0 Å². The Labute approximate surface area is 194 Å². The fourth-order valence-corrected chi connectivity index (χ4v) is 5.46. The number of hydrogen-bond donors (Lipinski definition) is 0. The van der Waals surface area contributed by atoms with Gasteiger partial charge in [0.2, 0.25) is 5.91 Å². The predicted octanol–water partition coefficient (Wildman–Crippen LogP) is 4.64. The fourth-order valence-electron chi connectivity index (χ4n) is 4.47. The molecule has 0 N–H and O–H groups in total. The standard InChI is InChI=1S/C25H33N5OS/c1-6-29(15-19-7-9-21(10-8-19)28(4)5)25(31)20-11-13-30(14-12-20)23-22-17(2)18(3)32-24(22)27-16-26-23/h7-10,16,20H,6,11-15H2,1-5H3. The molecule has 3 heterocycles. The number of piperidine rings is 1. The second-order valence-electron chi connectivity index (χ2n) is 8.84. The van der Waals surface area contributed by atoms with Gasteiger partial charge in [-0.15, -0.1) is 11.3 Å². The Morgan fingerprint density at radius 1 is 1.12 bits per heavy atom. The highest BCUT2D eigenvalue weighted by atomic mass is 32.1. The Hall–Kier alpha value is -2.67. The highest BCUT2D eigenvalue weighted by molar-refractivity contribution is 7.18. The number of rotatable bonds is 6. The zero-order valence-corrected chi connectivity index (χ0v) is 20.6. The largest absolute Gasteiger partial charge is 0.378 e. The van der Waals surface area contributed by atoms with Crippen molar-refractivity contribution in [2.75, 3.05) is 43.5 Å². The molecular weight excluding hydrogens is 418 g/mol. The number of benzene rings is 1. The van der Waals surface area contributed by atoms with Crippen molar-refractivity contribution >= 4 is 39.0 Å². The highest BCUT2D eigenvalue weighted by Gasteiger charge is 2.29. The molecular formula is C25H33N5OS. The smallest absolute Gasteiger partial charge is 0.226 e. The molecule has 0 radical (unpaired) electrons. The molecule has 0 unspecified atom stereocenters. The second-order valence-corrected chi connectivity index (χ2v) is 10.0. The van der Waals surface area contributed by atoms with Gasteiger partial charge in [-0.05, 0) is 56.9 Å². The maximum Gasteiger partial charge on any atom is 0.226 e. The summed E-state index contributed by atoms with van der Waals surface area (Å²) in [5, 5.41) is 1.18. The van der Waals surface area contributed by atoms with Gasteiger partial charge in [0.25, 0.3) is 0 Å². The molecule has 1 amide bonds. The molecule has 1 aliphatic rings. The Morgan fingerprint density at radius 2 is 1.81 bits per heavy atom. The van der Waals surface area contributed by atoms with E-state index in [9.17, 15) is 4.79 Å². The number of anilines is 2. The van der Waals surface area contributed by atoms with Crippen LogP contribution in [0.1, 0.15) is 35.8 Å². The van der Waals surface area contributed by atoms with Gasteiger partial charge in [-0.1, -0.05) is 12.1 Å². The first kappa shape index (κ1) is 22.5. The average Bonchev–Trinajstić information content (AvgIpc) is 3.11. The molecule has 1 saturated heterocycles. The Bertz CT molecular complexity index is 1080. The van der Waals surface area contributed by atoms with Crippen molar-refractivity contribution in [2.24, 2.45) is 5.92 Å². The third-order valence-corrected chi connectivity index (χ3v) is 7.72. The predicted molar refractivity (Wildman–Crippen MR) is 134 cm³/mol. The summed E-state index contributed by atoms with van der Waals surface area (Å²) >= 11 is 1.73. The van der Waals surface area contributed by atoms with Gasteiger partial charge in [-0.3, -0.25) is 4.79 Å². The lowest BCUT2D eigenvalue weighted by atomic mass is 9.94. The molecule has 7 heteroatoms. The van der Waals surface area contributed by atoms with E-state index in [1.807, 2.05) is 19.0 Å². The molecule has 32 heavy (non-hydrogen) atoms. The van der Waals surface area contributed by atoms with Crippen LogP contribution in [0, 0.1) is 19.8 Å². The molecule has 1 aromatic carbocycles. The number of thiophene rings is 1. The van der Waals surface area contributed by atoms with Crippen LogP contribution in [0.4, 0.5) is 11.5 Å². The lowest BCUT2D eigenvalue weighted by Gasteiger charge is -2.35. The van der Waals surface area contributed by atoms with E-state index in [4.69, 9.17) is 0 Å². The van der Waals surface area contributed by atoms with Crippen LogP contribution in [-0.2, 0) is 11.3 Å². The van der Waals surface area contributed by atoms with Gasteiger partial charge < -0.3 is 14.7 Å². The van der Waals surface area contributed by atoms with E-state index in [1.54, 1.807) is 17.7 Å². The van der Waals surface area contributed by atoms with E-state index in [0.29, 0.717) is 6.54 Å². The molecule has 1 aliphatic heterocycles. The fraction of sp³-hybridized carbons (Fsp3) is 0.480. The molecule has 0 atom stereocenters. The van der Waals surface area contributed by atoms with Crippen LogP contribution in [0.3, 0.4) is 0 Å². The molecule has 4 rings (SSSR count). The number of aromatic nitrogens is 2. The number of nitrogens with zero attached hydrogens (tertiary/aromatic N) is 5. The van der Waals surface area contributed by atoms with Crippen LogP contribution in [0.2, 0.25) is 0 Å². The molecule has 6 nitrogen and oxygen atoms in total. The zero-order chi connectivity index (χ0) is 22.8. The van der Waals surface area contributed by atoms with E-state index in [0.717, 1.165) is 43.1 Å². The molecule has 0 aliphatic carbocycles. The molecule has 170 valence electrons. The monoisotopic (exact) mass is 451 g/mol. The van der Waals surface area contributed by atoms with E-state index >= 15 is 0 Å². The van der Waals surface area contributed by atoms with Gasteiger partial charge in [0.15, 0.2) is 0 Å². The van der Waals surface area contributed by atoms with Gasteiger partial charge >= 0.3 is 0 Å². The molecule has 1 fully saturated rings. The van der Waals surface area contributed by atoms with Gasteiger partial charge in [0.05, 0.1) is 5.39 Å². The van der Waals surface area contributed by atoms with Crippen molar-refractivity contribution in [2.45, 2.75) is 40.2 Å². The van der Waals surface area contributed by atoms with E-state index in [-0.39, 0.29) is 11.8 Å². The first-order chi connectivity index (χ1) is 15.4. The van der Waals surface area contributed by atoms with Gasteiger partial charge in [0.1, 0.15) is 17.0 Å². The third kappa shape index (κ3) is 4.44. The van der Waals surface area contributed by atoms with Crippen molar-refractivity contribution in [1.82, 2.24) is 14.9 Å². The number of amides is 1. The number of hydrogen-bond acceptors (Lipinski definition) is 6. The normalized spacial score (nSPS) is 14.7. The van der Waals surface area contributed by atoms with E-state index in [1.165, 1.54) is 27.1 Å². The van der Waals surface area contributed by atoms with Crippen LogP contribution < -0.4 is 9.80 Å². The summed E-state index contributed by atoms with van der Waals surface area (Å²) < 4.78 is 0. The van der Waals surface area contributed by atoms with Crippen LogP contribution >= 0.6 is 11.3 Å². The highest BCUT2D eigenvalue weighted by Crippen LogP contribution is 2.35. The van der Waals surface area contributed by atoms with Gasteiger partial charge in [-0.2, -0.15) is 0 Å². The zero-order valence-electron chi connectivity index (χ0n) is 19.8. The maximum absolute atomic E-state index is 13.3. The van der Waals surface area contributed by atoms with Crippen molar-refractivity contribution < 1.29 is 4.79 Å². The van der Waals surface area contributed by atoms with Crippen molar-refractivity contribution in [3.05, 3.63) is 46.6 Å². The molecule has 0 spiro atoms. The number of fused-ring (bicyclic) bond motifs is 1. The summed E-state index contributed by atoms with van der Waals surface area (Å²) in [5.74, 6) is 1.38. The average molecular weight is 452 g/mol. The van der Waals surface area contributed by atoms with E-state index in [2.05, 4.69) is 64.8 Å². The Balaban J connectivity index is 1.41. The third-order valence-electron chi connectivity index (χ3n) is 6.61. The minimum absolute atomic E-state index is 0.0786.